The van der Waals surface area contributed by atoms with Crippen LogP contribution in [0.5, 0.6) is 0 Å². The van der Waals surface area contributed by atoms with Crippen LogP contribution in [0.25, 0.3) is 0 Å². The molecule has 1 rings (SSSR count). The van der Waals surface area contributed by atoms with Gasteiger partial charge in [-0.05, 0) is 11.6 Å². The number of halogens is 2. The molecule has 13 heavy (non-hydrogen) atoms. The lowest BCUT2D eigenvalue weighted by Crippen LogP contribution is -2.08. The van der Waals surface area contributed by atoms with Gasteiger partial charge in [0, 0.05) is 4.47 Å². The van der Waals surface area contributed by atoms with E-state index in [-0.39, 0.29) is 0 Å². The van der Waals surface area contributed by atoms with E-state index in [2.05, 4.69) is 20.7 Å². The van der Waals surface area contributed by atoms with Gasteiger partial charge in [-0.25, -0.2) is 0 Å². The number of benzene rings is 1. The van der Waals surface area contributed by atoms with Gasteiger partial charge in [0.1, 0.15) is 0 Å². The maximum Gasteiger partial charge on any atom is 0.328 e. The van der Waals surface area contributed by atoms with Gasteiger partial charge in [0.15, 0.2) is 5.38 Å². The molecular weight excluding hydrogens is 255 g/mol. The molecule has 2 nitrogen and oxygen atoms in total. The summed E-state index contributed by atoms with van der Waals surface area (Å²) in [5.41, 5.74) is 0.719. The third-order valence-electron chi connectivity index (χ3n) is 1.59. The third-order valence-corrected chi connectivity index (χ3v) is 2.72. The SMILES string of the molecule is COC(=O)[C@@H](Cl)c1ccccc1Br. The van der Waals surface area contributed by atoms with E-state index in [9.17, 15) is 4.79 Å². The van der Waals surface area contributed by atoms with Crippen LogP contribution in [0.1, 0.15) is 10.9 Å². The summed E-state index contributed by atoms with van der Waals surface area (Å²) in [6.45, 7) is 0. The second-order valence-corrected chi connectivity index (χ2v) is 3.70. The Balaban J connectivity index is 2.95. The Morgan fingerprint density at radius 2 is 2.15 bits per heavy atom. The highest BCUT2D eigenvalue weighted by Crippen LogP contribution is 2.28. The zero-order chi connectivity index (χ0) is 9.84. The predicted octanol–water partition coefficient (Wildman–Crippen LogP) is 2.90. The molecule has 0 saturated carbocycles. The van der Waals surface area contributed by atoms with Crippen molar-refractivity contribution in [1.29, 1.82) is 0 Å². The summed E-state index contributed by atoms with van der Waals surface area (Å²) in [5, 5.41) is -0.749. The summed E-state index contributed by atoms with van der Waals surface area (Å²) in [5.74, 6) is -0.450. The molecule has 1 atom stereocenters. The summed E-state index contributed by atoms with van der Waals surface area (Å²) in [6.07, 6.45) is 0. The summed E-state index contributed by atoms with van der Waals surface area (Å²) in [7, 11) is 1.31. The fraction of sp³-hybridized carbons (Fsp3) is 0.222. The number of ether oxygens (including phenoxy) is 1. The Bertz CT molecular complexity index is 314. The lowest BCUT2D eigenvalue weighted by atomic mass is 10.1. The van der Waals surface area contributed by atoms with Crippen molar-refractivity contribution in [3.8, 4) is 0 Å². The minimum Gasteiger partial charge on any atom is -0.468 e. The number of rotatable bonds is 2. The van der Waals surface area contributed by atoms with Crippen molar-refractivity contribution in [2.75, 3.05) is 7.11 Å². The molecule has 1 aromatic rings. The van der Waals surface area contributed by atoms with Crippen molar-refractivity contribution in [2.24, 2.45) is 0 Å². The molecule has 0 radical (unpaired) electrons. The third kappa shape index (κ3) is 2.45. The molecule has 0 spiro atoms. The number of hydrogen-bond acceptors (Lipinski definition) is 2. The number of carbonyl (C=O) groups is 1. The quantitative estimate of drug-likeness (QED) is 0.606. The van der Waals surface area contributed by atoms with Gasteiger partial charge in [-0.2, -0.15) is 0 Å². The lowest BCUT2D eigenvalue weighted by Gasteiger charge is -2.08. The number of methoxy groups -OCH3 is 1. The Morgan fingerprint density at radius 1 is 1.54 bits per heavy atom. The first kappa shape index (κ1) is 10.5. The molecule has 0 heterocycles. The molecule has 1 aromatic carbocycles. The molecule has 0 amide bonds. The van der Waals surface area contributed by atoms with Gasteiger partial charge in [-0.3, -0.25) is 4.79 Å². The summed E-state index contributed by atoms with van der Waals surface area (Å²) < 4.78 is 5.34. The molecule has 4 heteroatoms. The van der Waals surface area contributed by atoms with Gasteiger partial charge in [0.05, 0.1) is 7.11 Å². The first-order chi connectivity index (χ1) is 6.16. The van der Waals surface area contributed by atoms with Crippen LogP contribution in [-0.2, 0) is 9.53 Å². The highest BCUT2D eigenvalue weighted by Gasteiger charge is 2.19. The number of hydrogen-bond donors (Lipinski definition) is 0. The summed E-state index contributed by atoms with van der Waals surface area (Å²) >= 11 is 9.16. The molecule has 0 aromatic heterocycles. The Kier molecular flexibility index (Phi) is 3.75. The van der Waals surface area contributed by atoms with Crippen LogP contribution >= 0.6 is 27.5 Å². The van der Waals surface area contributed by atoms with Gasteiger partial charge in [-0.1, -0.05) is 34.1 Å². The number of esters is 1. The molecule has 0 saturated heterocycles. The summed E-state index contributed by atoms with van der Waals surface area (Å²) in [4.78, 5) is 11.1. The fourth-order valence-corrected chi connectivity index (χ4v) is 1.84. The fourth-order valence-electron chi connectivity index (χ4n) is 0.911. The van der Waals surface area contributed by atoms with Crippen LogP contribution in [0.4, 0.5) is 0 Å². The average Bonchev–Trinajstić information content (AvgIpc) is 2.16. The molecule has 0 aliphatic carbocycles. The van der Waals surface area contributed by atoms with Crippen LogP contribution in [0, 0.1) is 0 Å². The second kappa shape index (κ2) is 4.63. The van der Waals surface area contributed by atoms with Crippen molar-refractivity contribution in [3.63, 3.8) is 0 Å². The van der Waals surface area contributed by atoms with Crippen molar-refractivity contribution < 1.29 is 9.53 Å². The van der Waals surface area contributed by atoms with Crippen molar-refractivity contribution in [3.05, 3.63) is 34.3 Å². The smallest absolute Gasteiger partial charge is 0.328 e. The van der Waals surface area contributed by atoms with E-state index in [0.29, 0.717) is 0 Å². The molecule has 0 aliphatic rings. The topological polar surface area (TPSA) is 26.3 Å². The van der Waals surface area contributed by atoms with Gasteiger partial charge in [-0.15, -0.1) is 11.6 Å². The largest absolute Gasteiger partial charge is 0.468 e. The zero-order valence-electron chi connectivity index (χ0n) is 6.96. The Labute approximate surface area is 90.0 Å². The van der Waals surface area contributed by atoms with E-state index >= 15 is 0 Å². The van der Waals surface area contributed by atoms with Crippen molar-refractivity contribution in [2.45, 2.75) is 5.38 Å². The van der Waals surface area contributed by atoms with E-state index in [1.165, 1.54) is 7.11 Å². The number of carbonyl (C=O) groups excluding carboxylic acids is 1. The minimum absolute atomic E-state index is 0.450. The van der Waals surface area contributed by atoms with E-state index in [4.69, 9.17) is 11.6 Å². The van der Waals surface area contributed by atoms with E-state index in [0.717, 1.165) is 10.0 Å². The van der Waals surface area contributed by atoms with Crippen LogP contribution < -0.4 is 0 Å². The second-order valence-electron chi connectivity index (χ2n) is 2.41. The molecule has 0 N–H and O–H groups in total. The standard InChI is InChI=1S/C9H8BrClO2/c1-13-9(12)8(11)6-4-2-3-5-7(6)10/h2-5,8H,1H3/t8-/m0/s1. The predicted molar refractivity (Wildman–Crippen MR) is 54.8 cm³/mol. The first-order valence-corrected chi connectivity index (χ1v) is 4.86. The van der Waals surface area contributed by atoms with Crippen molar-refractivity contribution in [1.82, 2.24) is 0 Å². The van der Waals surface area contributed by atoms with Crippen LogP contribution in [0.15, 0.2) is 28.7 Å². The maximum atomic E-state index is 11.1. The minimum atomic E-state index is -0.749. The van der Waals surface area contributed by atoms with Gasteiger partial charge in [0.25, 0.3) is 0 Å². The molecule has 0 fully saturated rings. The monoisotopic (exact) mass is 262 g/mol. The highest BCUT2D eigenvalue weighted by molar-refractivity contribution is 9.10. The average molecular weight is 264 g/mol. The number of alkyl halides is 1. The van der Waals surface area contributed by atoms with Crippen LogP contribution in [0.3, 0.4) is 0 Å². The van der Waals surface area contributed by atoms with Gasteiger partial charge >= 0.3 is 5.97 Å². The molecule has 0 bridgehead atoms. The van der Waals surface area contributed by atoms with Crippen LogP contribution in [0.2, 0.25) is 0 Å². The molecule has 70 valence electrons. The van der Waals surface area contributed by atoms with Crippen molar-refractivity contribution >= 4 is 33.5 Å². The highest BCUT2D eigenvalue weighted by atomic mass is 79.9. The molecule has 0 unspecified atom stereocenters. The Morgan fingerprint density at radius 3 is 2.69 bits per heavy atom. The van der Waals surface area contributed by atoms with E-state index < -0.39 is 11.3 Å². The van der Waals surface area contributed by atoms with Gasteiger partial charge in [0.2, 0.25) is 0 Å². The van der Waals surface area contributed by atoms with E-state index in [1.807, 2.05) is 18.2 Å². The lowest BCUT2D eigenvalue weighted by molar-refractivity contribution is -0.140. The van der Waals surface area contributed by atoms with Crippen LogP contribution in [-0.4, -0.2) is 13.1 Å². The summed E-state index contributed by atoms with van der Waals surface area (Å²) in [6, 6.07) is 7.28. The maximum absolute atomic E-state index is 11.1. The van der Waals surface area contributed by atoms with E-state index in [1.54, 1.807) is 6.07 Å². The first-order valence-electron chi connectivity index (χ1n) is 3.63. The molecule has 0 aliphatic heterocycles. The van der Waals surface area contributed by atoms with Gasteiger partial charge < -0.3 is 4.74 Å². The zero-order valence-corrected chi connectivity index (χ0v) is 9.30. The normalized spacial score (nSPS) is 12.2. The Hall–Kier alpha value is -0.540. The molecular formula is C9H8BrClO2.